The molecule has 7 unspecified atom stereocenters. The summed E-state index contributed by atoms with van der Waals surface area (Å²) in [6.07, 6.45) is 50.1. The van der Waals surface area contributed by atoms with Gasteiger partial charge in [-0.1, -0.05) is 227 Å². The Morgan fingerprint density at radius 2 is 0.991 bits per heavy atom. The molecule has 2 fully saturated rings. The Morgan fingerprint density at radius 3 is 1.51 bits per heavy atom. The molecular formula is C89H154N6O16S. The highest BCUT2D eigenvalue weighted by atomic mass is 32.2. The second-order valence-corrected chi connectivity index (χ2v) is 35.8. The van der Waals surface area contributed by atoms with E-state index in [0.29, 0.717) is 69.3 Å². The zero-order valence-corrected chi connectivity index (χ0v) is 72.3. The van der Waals surface area contributed by atoms with Gasteiger partial charge in [0.25, 0.3) is 5.56 Å². The lowest BCUT2D eigenvalue weighted by Crippen LogP contribution is -2.51. The normalized spacial score (nSPS) is 19.2. The number of aliphatic hydroxyl groups excluding tert-OH is 2. The molecule has 0 aliphatic heterocycles. The number of aromatic nitrogens is 2. The third-order valence-corrected chi connectivity index (χ3v) is 22.6. The number of amides is 4. The number of esters is 3. The van der Waals surface area contributed by atoms with Gasteiger partial charge in [-0.25, -0.2) is 24.2 Å². The van der Waals surface area contributed by atoms with Gasteiger partial charge >= 0.3 is 41.4 Å². The van der Waals surface area contributed by atoms with Gasteiger partial charge in [-0.05, 0) is 175 Å². The molecule has 0 spiro atoms. The standard InChI is InChI=1S/C89H154N6O16S/c1-12-15-18-39-48-71(96)50-41-33-27-21-24-30-36-45-54-77(98)108-63-74(64-109-78(99)55-46-37-31-25-22-28-34-42-51-72(97)49-40-19-16-13-2)110-79(100)56-47-38-32-26-23-29-35-44-53-73(52-43-20-17-14-3)111-84(104)93-70-59-86(5,6)65-88(9,60-70)67-90-82(102)95-81-92-69(4)76(80(101)94-81)57-58-107-83(103)91-68-89(10)62-75(112-85(105)106-11)61-87(7,8)66-89/h33-35,41-42,44,70-75,96-97H,12-32,36-40,43,45-68H2,1-11H3,(H,91,103)(H,93,104)(H3,90,92,94,95,101,102). The van der Waals surface area contributed by atoms with E-state index < -0.39 is 41.3 Å². The highest BCUT2D eigenvalue weighted by Gasteiger charge is 2.44. The van der Waals surface area contributed by atoms with Gasteiger partial charge in [0.1, 0.15) is 19.3 Å². The van der Waals surface area contributed by atoms with Crippen LogP contribution in [0.25, 0.3) is 0 Å². The van der Waals surface area contributed by atoms with Crippen molar-refractivity contribution in [1.29, 1.82) is 0 Å². The Kier molecular flexibility index (Phi) is 52.7. The van der Waals surface area contributed by atoms with Crippen molar-refractivity contribution in [3.63, 3.8) is 0 Å². The summed E-state index contributed by atoms with van der Waals surface area (Å²) in [5.41, 5.74) is -0.605. The number of aliphatic hydroxyl groups is 2. The molecule has 2 aliphatic carbocycles. The van der Waals surface area contributed by atoms with E-state index in [0.717, 1.165) is 186 Å². The van der Waals surface area contributed by atoms with Crippen LogP contribution in [0, 0.1) is 28.6 Å². The lowest BCUT2D eigenvalue weighted by Gasteiger charge is -2.46. The molecule has 1 aromatic rings. The van der Waals surface area contributed by atoms with Crippen molar-refractivity contribution in [3.8, 4) is 0 Å². The number of urea groups is 1. The van der Waals surface area contributed by atoms with Crippen molar-refractivity contribution >= 4 is 59.1 Å². The van der Waals surface area contributed by atoms with Crippen molar-refractivity contribution in [2.75, 3.05) is 45.3 Å². The average molecular weight is 1600 g/mol. The number of carbonyl (C=O) groups excluding carboxylic acids is 7. The zero-order chi connectivity index (χ0) is 82.3. The smallest absolute Gasteiger partial charge is 0.407 e. The number of alkyl carbamates (subject to hydrolysis) is 2. The Balaban J connectivity index is 1.41. The lowest BCUT2D eigenvalue weighted by atomic mass is 9.62. The largest absolute Gasteiger partial charge is 0.462 e. The summed E-state index contributed by atoms with van der Waals surface area (Å²) in [6.45, 7) is 21.3. The molecule has 2 saturated carbocycles. The van der Waals surface area contributed by atoms with Crippen molar-refractivity contribution in [3.05, 3.63) is 58.1 Å². The fourth-order valence-electron chi connectivity index (χ4n) is 16.2. The predicted octanol–water partition coefficient (Wildman–Crippen LogP) is 20.9. The van der Waals surface area contributed by atoms with Gasteiger partial charge in [0, 0.05) is 62.0 Å². The number of aromatic amines is 1. The molecule has 3 rings (SSSR count). The number of rotatable bonds is 61. The van der Waals surface area contributed by atoms with E-state index in [4.69, 9.17) is 28.4 Å². The van der Waals surface area contributed by atoms with Crippen molar-refractivity contribution in [2.45, 2.75) is 400 Å². The van der Waals surface area contributed by atoms with Crippen LogP contribution < -0.4 is 26.8 Å². The molecule has 0 saturated heterocycles. The van der Waals surface area contributed by atoms with Crippen LogP contribution in [-0.2, 0) is 49.2 Å². The summed E-state index contributed by atoms with van der Waals surface area (Å²) >= 11 is 1.20. The second-order valence-electron chi connectivity index (χ2n) is 34.6. The van der Waals surface area contributed by atoms with E-state index in [1.807, 2.05) is 0 Å². The van der Waals surface area contributed by atoms with Gasteiger partial charge in [0.2, 0.25) is 5.95 Å². The van der Waals surface area contributed by atoms with Crippen LogP contribution in [0.3, 0.4) is 0 Å². The number of aryl methyl sites for hydroxylation is 1. The topological polar surface area (TPSA) is 309 Å². The highest BCUT2D eigenvalue weighted by molar-refractivity contribution is 8.13. The van der Waals surface area contributed by atoms with E-state index in [1.54, 1.807) is 6.92 Å². The fourth-order valence-corrected chi connectivity index (χ4v) is 17.6. The molecule has 23 heteroatoms. The quantitative estimate of drug-likeness (QED) is 0.0138. The van der Waals surface area contributed by atoms with Crippen molar-refractivity contribution in [1.82, 2.24) is 25.9 Å². The molecular weight excluding hydrogens is 1440 g/mol. The van der Waals surface area contributed by atoms with Crippen LogP contribution in [0.5, 0.6) is 0 Å². The minimum atomic E-state index is -0.901. The van der Waals surface area contributed by atoms with E-state index in [2.05, 4.69) is 130 Å². The summed E-state index contributed by atoms with van der Waals surface area (Å²) in [7, 11) is 1.38. The average Bonchev–Trinajstić information content (AvgIpc) is 0.802. The first kappa shape index (κ1) is 100. The highest BCUT2D eigenvalue weighted by Crippen LogP contribution is 2.50. The molecule has 2 aliphatic rings. The van der Waals surface area contributed by atoms with Crippen LogP contribution >= 0.6 is 11.8 Å². The Labute approximate surface area is 679 Å². The van der Waals surface area contributed by atoms with Crippen LogP contribution in [0.2, 0.25) is 0 Å². The van der Waals surface area contributed by atoms with Crippen molar-refractivity contribution in [2.24, 2.45) is 21.7 Å². The first-order chi connectivity index (χ1) is 53.6. The van der Waals surface area contributed by atoms with Crippen molar-refractivity contribution < 1.29 is 72.2 Å². The summed E-state index contributed by atoms with van der Waals surface area (Å²) in [5.74, 6) is -1.18. The van der Waals surface area contributed by atoms with Crippen LogP contribution in [0.4, 0.5) is 25.1 Å². The number of thioether (sulfide) groups is 1. The van der Waals surface area contributed by atoms with Gasteiger partial charge in [0.05, 0.1) is 31.6 Å². The molecule has 0 radical (unpaired) electrons. The van der Waals surface area contributed by atoms with Gasteiger partial charge < -0.3 is 54.6 Å². The Bertz CT molecular complexity index is 2900. The number of ether oxygens (including phenoxy) is 6. The number of nitrogens with one attached hydrogen (secondary N) is 5. The molecule has 0 bridgehead atoms. The summed E-state index contributed by atoms with van der Waals surface area (Å²) in [5, 5.41) is 31.9. The van der Waals surface area contributed by atoms with Crippen LogP contribution in [0.15, 0.2) is 41.3 Å². The maximum absolute atomic E-state index is 13.7. The number of anilines is 1. The number of hydrogen-bond acceptors (Lipinski definition) is 18. The third kappa shape index (κ3) is 49.7. The molecule has 4 amide bonds. The number of methoxy groups -OCH3 is 1. The van der Waals surface area contributed by atoms with E-state index in [1.165, 1.54) is 57.4 Å². The fraction of sp³-hybridized carbons (Fsp3) is 0.809. The minimum Gasteiger partial charge on any atom is -0.462 e. The maximum atomic E-state index is 13.7. The number of unbranched alkanes of at least 4 members (excludes halogenated alkanes) is 24. The van der Waals surface area contributed by atoms with Crippen LogP contribution in [-0.4, -0.2) is 137 Å². The zero-order valence-electron chi connectivity index (χ0n) is 71.5. The minimum absolute atomic E-state index is 0.0196. The molecule has 1 aromatic heterocycles. The molecule has 7 N–H and O–H groups in total. The predicted molar refractivity (Wildman–Crippen MR) is 450 cm³/mol. The lowest BCUT2D eigenvalue weighted by molar-refractivity contribution is -0.167. The molecule has 1 heterocycles. The molecule has 0 aromatic carbocycles. The third-order valence-electron chi connectivity index (χ3n) is 21.5. The number of nitrogens with zero attached hydrogens (tertiary/aromatic N) is 1. The number of carbonyl (C=O) groups is 7. The van der Waals surface area contributed by atoms with Crippen LogP contribution in [0.1, 0.15) is 363 Å². The molecule has 642 valence electrons. The molecule has 112 heavy (non-hydrogen) atoms. The molecule has 22 nitrogen and oxygen atoms in total. The second kappa shape index (κ2) is 58.8. The summed E-state index contributed by atoms with van der Waals surface area (Å²) in [6, 6.07) is -0.740. The van der Waals surface area contributed by atoms with E-state index >= 15 is 0 Å². The number of hydrogen-bond donors (Lipinski definition) is 7. The SMILES string of the molecule is CCCCCCC(O)CC=CCCCCCCCC(=O)OCC(COC(=O)CCCCCCCC=CCC(O)CCCCCC)OC(=O)CCCCCCCC=CCC(CCCCCC)OC(=O)NC1CC(C)(C)CC(C)(CNC(=O)Nc2nc(C)c(CCOC(=O)NCC3(C)CC(SC(=O)OC)CC(C)(C)C3)c(=O)[nH]2)C1. The monoisotopic (exact) mass is 1600 g/mol. The van der Waals surface area contributed by atoms with E-state index in [-0.39, 0.29) is 115 Å². The molecule has 7 atom stereocenters. The Hall–Kier alpha value is -5.94. The Morgan fingerprint density at radius 1 is 0.527 bits per heavy atom. The van der Waals surface area contributed by atoms with Gasteiger partial charge in [-0.2, -0.15) is 0 Å². The first-order valence-corrected chi connectivity index (χ1v) is 44.6. The van der Waals surface area contributed by atoms with E-state index in [9.17, 15) is 48.6 Å². The van der Waals surface area contributed by atoms with Gasteiger partial charge in [-0.3, -0.25) is 29.5 Å². The maximum Gasteiger partial charge on any atom is 0.407 e. The number of H-pyrrole nitrogens is 1. The van der Waals surface area contributed by atoms with Gasteiger partial charge in [0.15, 0.2) is 6.10 Å². The first-order valence-electron chi connectivity index (χ1n) is 43.7. The summed E-state index contributed by atoms with van der Waals surface area (Å²) < 4.78 is 33.5. The number of allylic oxidation sites excluding steroid dienone is 3. The van der Waals surface area contributed by atoms with Gasteiger partial charge in [-0.15, -0.1) is 0 Å². The summed E-state index contributed by atoms with van der Waals surface area (Å²) in [4.78, 5) is 111.